The van der Waals surface area contributed by atoms with Crippen molar-refractivity contribution in [2.45, 2.75) is 19.4 Å². The van der Waals surface area contributed by atoms with E-state index in [1.807, 2.05) is 0 Å². The highest BCUT2D eigenvalue weighted by atomic mass is 35.5. The topological polar surface area (TPSA) is 50.4 Å². The summed E-state index contributed by atoms with van der Waals surface area (Å²) in [6.45, 7) is 2.07. The van der Waals surface area contributed by atoms with Crippen molar-refractivity contribution in [1.29, 1.82) is 0 Å². The zero-order valence-electron chi connectivity index (χ0n) is 12.5. The monoisotopic (exact) mass is 334 g/mol. The molecule has 0 saturated carbocycles. The van der Waals surface area contributed by atoms with Crippen molar-refractivity contribution < 1.29 is 18.3 Å². The minimum atomic E-state index is -0.907. The molecule has 0 atom stereocenters. The fraction of sp³-hybridized carbons (Fsp3) is 0.533. The van der Waals surface area contributed by atoms with Crippen molar-refractivity contribution in [3.05, 3.63) is 35.4 Å². The fourth-order valence-corrected chi connectivity index (χ4v) is 2.64. The van der Waals surface area contributed by atoms with Crippen LogP contribution >= 0.6 is 12.4 Å². The number of benzene rings is 1. The van der Waals surface area contributed by atoms with Gasteiger partial charge in [-0.2, -0.15) is 0 Å². The number of carbonyl (C=O) groups excluding carboxylic acids is 1. The van der Waals surface area contributed by atoms with Gasteiger partial charge in [0.05, 0.1) is 12.0 Å². The van der Waals surface area contributed by atoms with E-state index in [0.29, 0.717) is 25.0 Å². The van der Waals surface area contributed by atoms with Gasteiger partial charge in [0.2, 0.25) is 5.91 Å². The van der Waals surface area contributed by atoms with Crippen molar-refractivity contribution in [2.75, 3.05) is 26.8 Å². The predicted molar refractivity (Wildman–Crippen MR) is 81.9 cm³/mol. The van der Waals surface area contributed by atoms with Crippen LogP contribution in [0.1, 0.15) is 18.4 Å². The summed E-state index contributed by atoms with van der Waals surface area (Å²) < 4.78 is 31.2. The third-order valence-electron chi connectivity index (χ3n) is 3.90. The summed E-state index contributed by atoms with van der Waals surface area (Å²) in [5, 5.41) is 6.02. The first-order valence-corrected chi connectivity index (χ1v) is 6.99. The Hall–Kier alpha value is -1.24. The molecule has 0 spiro atoms. The second kappa shape index (κ2) is 8.41. The fourth-order valence-electron chi connectivity index (χ4n) is 2.64. The minimum absolute atomic E-state index is 0. The molecule has 1 aliphatic heterocycles. The van der Waals surface area contributed by atoms with Gasteiger partial charge in [0.15, 0.2) is 11.6 Å². The lowest BCUT2D eigenvalue weighted by molar-refractivity contribution is -0.136. The number of methoxy groups -OCH3 is 1. The maximum Gasteiger partial charge on any atom is 0.228 e. The van der Waals surface area contributed by atoms with Crippen molar-refractivity contribution >= 4 is 18.3 Å². The van der Waals surface area contributed by atoms with E-state index in [-0.39, 0.29) is 24.9 Å². The number of rotatable bonds is 5. The standard InChI is InChI=1S/C15H20F2N2O2.ClH/c1-21-10-15(4-6-18-7-5-15)14(20)19-9-11-2-3-12(16)13(17)8-11;/h2-3,8,18H,4-7,9-10H2,1H3,(H,19,20);1H. The number of ether oxygens (including phenoxy) is 1. The molecule has 0 aromatic heterocycles. The van der Waals surface area contributed by atoms with Gasteiger partial charge in [0.25, 0.3) is 0 Å². The summed E-state index contributed by atoms with van der Waals surface area (Å²) in [5.41, 5.74) is -0.0118. The first-order valence-electron chi connectivity index (χ1n) is 6.99. The van der Waals surface area contributed by atoms with E-state index in [4.69, 9.17) is 4.74 Å². The molecule has 1 fully saturated rings. The van der Waals surface area contributed by atoms with Crippen molar-refractivity contribution in [3.8, 4) is 0 Å². The van der Waals surface area contributed by atoms with Gasteiger partial charge in [0.1, 0.15) is 0 Å². The van der Waals surface area contributed by atoms with Crippen LogP contribution in [0, 0.1) is 17.0 Å². The van der Waals surface area contributed by atoms with E-state index in [0.717, 1.165) is 25.2 Å². The highest BCUT2D eigenvalue weighted by Gasteiger charge is 2.39. The molecular formula is C15H21ClF2N2O2. The summed E-state index contributed by atoms with van der Waals surface area (Å²) in [6, 6.07) is 3.62. The number of halogens is 3. The lowest BCUT2D eigenvalue weighted by Crippen LogP contribution is -2.49. The molecule has 7 heteroatoms. The number of amides is 1. The number of piperidine rings is 1. The number of hydrogen-bond donors (Lipinski definition) is 2. The Kier molecular flexibility index (Phi) is 7.19. The molecule has 0 aliphatic carbocycles. The van der Waals surface area contributed by atoms with Crippen molar-refractivity contribution in [3.63, 3.8) is 0 Å². The van der Waals surface area contributed by atoms with E-state index < -0.39 is 17.0 Å². The number of carbonyl (C=O) groups is 1. The highest BCUT2D eigenvalue weighted by molar-refractivity contribution is 5.85. The van der Waals surface area contributed by atoms with Gasteiger partial charge < -0.3 is 15.4 Å². The van der Waals surface area contributed by atoms with Gasteiger partial charge in [-0.3, -0.25) is 4.79 Å². The Bertz CT molecular complexity index is 503. The summed E-state index contributed by atoms with van der Waals surface area (Å²) in [6.07, 6.45) is 1.40. The molecule has 0 radical (unpaired) electrons. The van der Waals surface area contributed by atoms with Crippen LogP contribution in [0.2, 0.25) is 0 Å². The molecule has 0 bridgehead atoms. The maximum atomic E-state index is 13.1. The molecule has 4 nitrogen and oxygen atoms in total. The van der Waals surface area contributed by atoms with Crippen LogP contribution in [0.3, 0.4) is 0 Å². The average Bonchev–Trinajstić information content (AvgIpc) is 2.49. The largest absolute Gasteiger partial charge is 0.384 e. The smallest absolute Gasteiger partial charge is 0.228 e. The van der Waals surface area contributed by atoms with Gasteiger partial charge in [-0.15, -0.1) is 12.4 Å². The zero-order valence-corrected chi connectivity index (χ0v) is 13.3. The molecule has 0 unspecified atom stereocenters. The molecular weight excluding hydrogens is 314 g/mol. The molecule has 22 heavy (non-hydrogen) atoms. The molecule has 1 saturated heterocycles. The van der Waals surface area contributed by atoms with E-state index in [1.54, 1.807) is 7.11 Å². The molecule has 1 aromatic carbocycles. The van der Waals surface area contributed by atoms with E-state index in [1.165, 1.54) is 6.07 Å². The Morgan fingerprint density at radius 1 is 1.32 bits per heavy atom. The SMILES string of the molecule is COCC1(C(=O)NCc2ccc(F)c(F)c2)CCNCC1.Cl. The first-order chi connectivity index (χ1) is 10.1. The van der Waals surface area contributed by atoms with Crippen LogP contribution in [-0.4, -0.2) is 32.7 Å². The van der Waals surface area contributed by atoms with Gasteiger partial charge in [-0.1, -0.05) is 6.07 Å². The maximum absolute atomic E-state index is 13.1. The molecule has 1 aliphatic rings. The predicted octanol–water partition coefficient (Wildman–Crippen LogP) is 2.02. The molecule has 1 aromatic rings. The Morgan fingerprint density at radius 2 is 2.00 bits per heavy atom. The second-order valence-corrected chi connectivity index (χ2v) is 5.39. The van der Waals surface area contributed by atoms with Crippen LogP contribution in [-0.2, 0) is 16.1 Å². The quantitative estimate of drug-likeness (QED) is 0.866. The summed E-state index contributed by atoms with van der Waals surface area (Å²) >= 11 is 0. The lowest BCUT2D eigenvalue weighted by Gasteiger charge is -2.35. The summed E-state index contributed by atoms with van der Waals surface area (Å²) in [7, 11) is 1.58. The minimum Gasteiger partial charge on any atom is -0.384 e. The van der Waals surface area contributed by atoms with Crippen LogP contribution in [0.15, 0.2) is 18.2 Å². The molecule has 124 valence electrons. The van der Waals surface area contributed by atoms with Gasteiger partial charge in [-0.25, -0.2) is 8.78 Å². The van der Waals surface area contributed by atoms with E-state index in [9.17, 15) is 13.6 Å². The third-order valence-corrected chi connectivity index (χ3v) is 3.90. The molecule has 1 heterocycles. The van der Waals surface area contributed by atoms with Crippen molar-refractivity contribution in [2.24, 2.45) is 5.41 Å². The second-order valence-electron chi connectivity index (χ2n) is 5.39. The van der Waals surface area contributed by atoms with Crippen LogP contribution in [0.5, 0.6) is 0 Å². The summed E-state index contributed by atoms with van der Waals surface area (Å²) in [4.78, 5) is 12.4. The van der Waals surface area contributed by atoms with Crippen LogP contribution in [0.4, 0.5) is 8.78 Å². The normalized spacial score (nSPS) is 16.7. The lowest BCUT2D eigenvalue weighted by atomic mass is 9.78. The van der Waals surface area contributed by atoms with E-state index >= 15 is 0 Å². The average molecular weight is 335 g/mol. The molecule has 2 N–H and O–H groups in total. The van der Waals surface area contributed by atoms with Crippen LogP contribution in [0.25, 0.3) is 0 Å². The molecule has 2 rings (SSSR count). The molecule has 1 amide bonds. The third kappa shape index (κ3) is 4.38. The van der Waals surface area contributed by atoms with E-state index in [2.05, 4.69) is 10.6 Å². The highest BCUT2D eigenvalue weighted by Crippen LogP contribution is 2.29. The Morgan fingerprint density at radius 3 is 2.59 bits per heavy atom. The van der Waals surface area contributed by atoms with Gasteiger partial charge in [-0.05, 0) is 43.6 Å². The first kappa shape index (κ1) is 18.8. The van der Waals surface area contributed by atoms with Crippen LogP contribution < -0.4 is 10.6 Å². The Labute approximate surface area is 135 Å². The van der Waals surface area contributed by atoms with Crippen molar-refractivity contribution in [1.82, 2.24) is 10.6 Å². The number of nitrogens with one attached hydrogen (secondary N) is 2. The van der Waals surface area contributed by atoms with Gasteiger partial charge in [0, 0.05) is 13.7 Å². The zero-order chi connectivity index (χ0) is 15.3. The summed E-state index contributed by atoms with van der Waals surface area (Å²) in [5.74, 6) is -1.90. The van der Waals surface area contributed by atoms with Gasteiger partial charge >= 0.3 is 0 Å². The number of hydrogen-bond acceptors (Lipinski definition) is 3. The Balaban J connectivity index is 0.00000242.